The third kappa shape index (κ3) is 7.08. The van der Waals surface area contributed by atoms with Crippen molar-refractivity contribution in [2.24, 2.45) is 0 Å². The summed E-state index contributed by atoms with van der Waals surface area (Å²) in [6, 6.07) is 20.5. The minimum absolute atomic E-state index is 0.0701. The van der Waals surface area contributed by atoms with E-state index in [9.17, 15) is 18.3 Å². The van der Waals surface area contributed by atoms with Gasteiger partial charge in [0.05, 0.1) is 5.56 Å². The average molecular weight is 472 g/mol. The SMILES string of the molecule is CN(Cc1ccc(-c2ccccc2C(F)(F)F)cc1)CC(O)COc1ccc(C(C)(C)C)cc1. The van der Waals surface area contributed by atoms with Crippen LogP contribution in [-0.2, 0) is 18.1 Å². The van der Waals surface area contributed by atoms with Gasteiger partial charge in [0, 0.05) is 13.1 Å². The number of likely N-dealkylation sites (N-methyl/N-ethyl adjacent to an activating group) is 1. The van der Waals surface area contributed by atoms with E-state index in [0.29, 0.717) is 24.4 Å². The first-order valence-electron chi connectivity index (χ1n) is 11.3. The second-order valence-electron chi connectivity index (χ2n) is 9.68. The maximum Gasteiger partial charge on any atom is 0.417 e. The van der Waals surface area contributed by atoms with E-state index in [1.165, 1.54) is 17.7 Å². The number of ether oxygens (including phenoxy) is 1. The normalized spacial score (nSPS) is 13.2. The van der Waals surface area contributed by atoms with Crippen molar-refractivity contribution in [3.05, 3.63) is 89.5 Å². The fourth-order valence-electron chi connectivity index (χ4n) is 3.80. The number of nitrogens with zero attached hydrogens (tertiary/aromatic N) is 1. The molecule has 0 aliphatic rings. The van der Waals surface area contributed by atoms with Crippen molar-refractivity contribution in [2.75, 3.05) is 20.2 Å². The van der Waals surface area contributed by atoms with Gasteiger partial charge < -0.3 is 9.84 Å². The summed E-state index contributed by atoms with van der Waals surface area (Å²) in [6.45, 7) is 7.58. The minimum Gasteiger partial charge on any atom is -0.491 e. The Hall–Kier alpha value is -2.83. The van der Waals surface area contributed by atoms with Crippen LogP contribution in [0.5, 0.6) is 5.75 Å². The Balaban J connectivity index is 1.53. The van der Waals surface area contributed by atoms with Gasteiger partial charge in [0.1, 0.15) is 18.5 Å². The van der Waals surface area contributed by atoms with E-state index < -0.39 is 17.8 Å². The van der Waals surface area contributed by atoms with E-state index >= 15 is 0 Å². The monoisotopic (exact) mass is 471 g/mol. The van der Waals surface area contributed by atoms with E-state index in [1.54, 1.807) is 18.2 Å². The molecule has 1 N–H and O–H groups in total. The van der Waals surface area contributed by atoms with Crippen molar-refractivity contribution in [3.8, 4) is 16.9 Å². The van der Waals surface area contributed by atoms with Gasteiger partial charge in [0.15, 0.2) is 0 Å². The molecule has 1 atom stereocenters. The predicted molar refractivity (Wildman–Crippen MR) is 130 cm³/mol. The smallest absolute Gasteiger partial charge is 0.417 e. The maximum absolute atomic E-state index is 13.3. The molecular formula is C28H32F3NO2. The van der Waals surface area contributed by atoms with Crippen LogP contribution < -0.4 is 4.74 Å². The first-order valence-corrected chi connectivity index (χ1v) is 11.3. The van der Waals surface area contributed by atoms with E-state index in [4.69, 9.17) is 4.74 Å². The second kappa shape index (κ2) is 10.6. The molecule has 3 nitrogen and oxygen atoms in total. The van der Waals surface area contributed by atoms with E-state index in [1.807, 2.05) is 48.3 Å². The molecule has 0 bridgehead atoms. The lowest BCUT2D eigenvalue weighted by atomic mass is 9.87. The molecule has 0 aliphatic heterocycles. The van der Waals surface area contributed by atoms with Gasteiger partial charge in [0.25, 0.3) is 0 Å². The van der Waals surface area contributed by atoms with Crippen molar-refractivity contribution in [1.29, 1.82) is 0 Å². The van der Waals surface area contributed by atoms with Gasteiger partial charge in [-0.1, -0.05) is 75.4 Å². The summed E-state index contributed by atoms with van der Waals surface area (Å²) in [5, 5.41) is 10.4. The summed E-state index contributed by atoms with van der Waals surface area (Å²) in [5.74, 6) is 0.712. The molecule has 0 fully saturated rings. The topological polar surface area (TPSA) is 32.7 Å². The fourth-order valence-corrected chi connectivity index (χ4v) is 3.80. The molecule has 0 saturated heterocycles. The molecule has 3 aromatic rings. The molecule has 34 heavy (non-hydrogen) atoms. The first-order chi connectivity index (χ1) is 15.9. The fraction of sp³-hybridized carbons (Fsp3) is 0.357. The Morgan fingerprint density at radius 1 is 0.882 bits per heavy atom. The highest BCUT2D eigenvalue weighted by atomic mass is 19.4. The zero-order chi connectivity index (χ0) is 24.9. The molecule has 3 aromatic carbocycles. The summed E-state index contributed by atoms with van der Waals surface area (Å²) in [6.07, 6.45) is -5.08. The van der Waals surface area contributed by atoms with Crippen molar-refractivity contribution < 1.29 is 23.0 Å². The molecule has 0 spiro atoms. The van der Waals surface area contributed by atoms with Gasteiger partial charge in [-0.05, 0) is 52.9 Å². The van der Waals surface area contributed by atoms with E-state index in [2.05, 4.69) is 20.8 Å². The van der Waals surface area contributed by atoms with Crippen LogP contribution in [0.1, 0.15) is 37.5 Å². The number of rotatable bonds is 8. The molecular weight excluding hydrogens is 439 g/mol. The molecule has 1 unspecified atom stereocenters. The van der Waals surface area contributed by atoms with Gasteiger partial charge in [-0.15, -0.1) is 0 Å². The lowest BCUT2D eigenvalue weighted by Crippen LogP contribution is -2.32. The van der Waals surface area contributed by atoms with Crippen molar-refractivity contribution in [1.82, 2.24) is 4.90 Å². The maximum atomic E-state index is 13.3. The average Bonchev–Trinajstić information content (AvgIpc) is 2.77. The second-order valence-corrected chi connectivity index (χ2v) is 9.68. The van der Waals surface area contributed by atoms with Crippen LogP contribution in [0.4, 0.5) is 13.2 Å². The third-order valence-corrected chi connectivity index (χ3v) is 5.64. The summed E-state index contributed by atoms with van der Waals surface area (Å²) in [7, 11) is 1.88. The number of halogens is 3. The summed E-state index contributed by atoms with van der Waals surface area (Å²) in [4.78, 5) is 1.95. The van der Waals surface area contributed by atoms with Crippen LogP contribution in [0.2, 0.25) is 0 Å². The molecule has 0 radical (unpaired) electrons. The molecule has 0 amide bonds. The number of aliphatic hydroxyl groups excluding tert-OH is 1. The van der Waals surface area contributed by atoms with Gasteiger partial charge in [-0.3, -0.25) is 4.90 Å². The molecule has 3 rings (SSSR count). The number of benzene rings is 3. The van der Waals surface area contributed by atoms with Crippen LogP contribution in [0.15, 0.2) is 72.8 Å². The standard InChI is InChI=1S/C28H32F3NO2/c1-27(2,3)22-13-15-24(16-14-22)34-19-23(33)18-32(4)17-20-9-11-21(12-10-20)25-7-5-6-8-26(25)28(29,30)31/h5-16,23,33H,17-19H2,1-4H3. The Labute approximate surface area is 199 Å². The zero-order valence-corrected chi connectivity index (χ0v) is 20.1. The highest BCUT2D eigenvalue weighted by molar-refractivity contribution is 5.68. The molecule has 0 saturated carbocycles. The van der Waals surface area contributed by atoms with E-state index in [0.717, 1.165) is 11.6 Å². The van der Waals surface area contributed by atoms with Crippen LogP contribution >= 0.6 is 0 Å². The number of hydrogen-bond donors (Lipinski definition) is 1. The molecule has 0 aromatic heterocycles. The van der Waals surface area contributed by atoms with E-state index in [-0.39, 0.29) is 17.6 Å². The number of aliphatic hydroxyl groups is 1. The van der Waals surface area contributed by atoms with Crippen LogP contribution in [-0.4, -0.2) is 36.3 Å². The molecule has 0 aliphatic carbocycles. The quantitative estimate of drug-likeness (QED) is 0.405. The minimum atomic E-state index is -4.40. The Bertz CT molecular complexity index is 1050. The van der Waals surface area contributed by atoms with Crippen molar-refractivity contribution >= 4 is 0 Å². The lowest BCUT2D eigenvalue weighted by molar-refractivity contribution is -0.137. The van der Waals surface area contributed by atoms with Gasteiger partial charge in [0.2, 0.25) is 0 Å². The molecule has 0 heterocycles. The van der Waals surface area contributed by atoms with Crippen molar-refractivity contribution in [3.63, 3.8) is 0 Å². The largest absolute Gasteiger partial charge is 0.491 e. The van der Waals surface area contributed by atoms with Gasteiger partial charge in [-0.25, -0.2) is 0 Å². The summed E-state index contributed by atoms with van der Waals surface area (Å²) in [5.41, 5.74) is 2.27. The summed E-state index contributed by atoms with van der Waals surface area (Å²) >= 11 is 0. The lowest BCUT2D eigenvalue weighted by Gasteiger charge is -2.22. The Kier molecular flexibility index (Phi) is 8.05. The van der Waals surface area contributed by atoms with Crippen LogP contribution in [0.25, 0.3) is 11.1 Å². The number of alkyl halides is 3. The predicted octanol–water partition coefficient (Wildman–Crippen LogP) is 6.54. The number of hydrogen-bond acceptors (Lipinski definition) is 3. The highest BCUT2D eigenvalue weighted by Gasteiger charge is 2.33. The van der Waals surface area contributed by atoms with Crippen LogP contribution in [0, 0.1) is 0 Å². The van der Waals surface area contributed by atoms with Gasteiger partial charge >= 0.3 is 6.18 Å². The third-order valence-electron chi connectivity index (χ3n) is 5.64. The first kappa shape index (κ1) is 25.8. The van der Waals surface area contributed by atoms with Crippen LogP contribution in [0.3, 0.4) is 0 Å². The van der Waals surface area contributed by atoms with Crippen molar-refractivity contribution in [2.45, 2.75) is 45.0 Å². The summed E-state index contributed by atoms with van der Waals surface area (Å²) < 4.78 is 45.6. The highest BCUT2D eigenvalue weighted by Crippen LogP contribution is 2.37. The Morgan fingerprint density at radius 2 is 1.50 bits per heavy atom. The molecule has 182 valence electrons. The molecule has 6 heteroatoms. The van der Waals surface area contributed by atoms with Gasteiger partial charge in [-0.2, -0.15) is 13.2 Å². The Morgan fingerprint density at radius 3 is 2.09 bits per heavy atom. The zero-order valence-electron chi connectivity index (χ0n) is 20.1.